The largest absolute Gasteiger partial charge is 0.457 e. The lowest BCUT2D eigenvalue weighted by atomic mass is 10.3. The summed E-state index contributed by atoms with van der Waals surface area (Å²) in [6.07, 6.45) is 4.74. The van der Waals surface area contributed by atoms with Gasteiger partial charge in [0, 0.05) is 24.8 Å². The average Bonchev–Trinajstić information content (AvgIpc) is 3.31. The number of thioether (sulfide) groups is 1. The van der Waals surface area contributed by atoms with Crippen LogP contribution in [0.25, 0.3) is 0 Å². The molecule has 8 heteroatoms. The fourth-order valence-corrected chi connectivity index (χ4v) is 4.51. The van der Waals surface area contributed by atoms with Crippen molar-refractivity contribution in [2.45, 2.75) is 36.9 Å². The minimum Gasteiger partial charge on any atom is -0.457 e. The maximum atomic E-state index is 12.5. The number of carbonyl (C=O) groups excluding carboxylic acids is 1. The van der Waals surface area contributed by atoms with E-state index in [0.29, 0.717) is 11.8 Å². The van der Waals surface area contributed by atoms with E-state index >= 15 is 0 Å². The smallest absolute Gasteiger partial charge is 0.234 e. The number of aromatic nitrogens is 3. The fraction of sp³-hybridized carbons (Fsp3) is 0.348. The Labute approximate surface area is 185 Å². The molecule has 7 nitrogen and oxygen atoms in total. The topological polar surface area (TPSA) is 72.3 Å². The van der Waals surface area contributed by atoms with Crippen LogP contribution in [0.4, 0.5) is 11.6 Å². The lowest BCUT2D eigenvalue weighted by Gasteiger charge is -2.17. The number of nitrogens with one attached hydrogen (secondary N) is 1. The summed E-state index contributed by atoms with van der Waals surface area (Å²) in [7, 11) is 0. The zero-order valence-electron chi connectivity index (χ0n) is 17.2. The highest BCUT2D eigenvalue weighted by Gasteiger charge is 2.32. The van der Waals surface area contributed by atoms with Crippen molar-refractivity contribution in [1.29, 1.82) is 0 Å². The molecular formula is C23H25N5O2S. The maximum absolute atomic E-state index is 12.5. The lowest BCUT2D eigenvalue weighted by molar-refractivity contribution is -0.113. The molecule has 0 radical (unpaired) electrons. The number of hydrogen-bond acceptors (Lipinski definition) is 6. The molecule has 1 aliphatic heterocycles. The quantitative estimate of drug-likeness (QED) is 0.516. The molecule has 1 saturated carbocycles. The molecule has 1 N–H and O–H groups in total. The Kier molecular flexibility index (Phi) is 5.80. The van der Waals surface area contributed by atoms with Gasteiger partial charge in [0.15, 0.2) is 5.16 Å². The third-order valence-electron chi connectivity index (χ3n) is 5.40. The number of nitrogens with zero attached hydrogens (tertiary/aromatic N) is 4. The second kappa shape index (κ2) is 9.01. The van der Waals surface area contributed by atoms with Crippen molar-refractivity contribution in [1.82, 2.24) is 14.8 Å². The SMILES string of the molecule is O=C(CSc1nnc(N2CCCC2)n1C1CC1)Nc1ccc(Oc2ccccc2)cc1. The molecule has 1 saturated heterocycles. The Bertz CT molecular complexity index is 1030. The van der Waals surface area contributed by atoms with Crippen molar-refractivity contribution >= 4 is 29.3 Å². The zero-order chi connectivity index (χ0) is 21.0. The molecular weight excluding hydrogens is 410 g/mol. The number of hydrogen-bond donors (Lipinski definition) is 1. The van der Waals surface area contributed by atoms with Crippen molar-refractivity contribution in [2.75, 3.05) is 29.1 Å². The molecule has 1 aliphatic carbocycles. The van der Waals surface area contributed by atoms with Gasteiger partial charge in [0.25, 0.3) is 0 Å². The predicted molar refractivity (Wildman–Crippen MR) is 122 cm³/mol. The first-order chi connectivity index (χ1) is 15.3. The van der Waals surface area contributed by atoms with Gasteiger partial charge in [0.1, 0.15) is 11.5 Å². The minimum absolute atomic E-state index is 0.0604. The van der Waals surface area contributed by atoms with Crippen LogP contribution in [0.5, 0.6) is 11.5 Å². The molecule has 31 heavy (non-hydrogen) atoms. The zero-order valence-corrected chi connectivity index (χ0v) is 18.1. The van der Waals surface area contributed by atoms with E-state index in [2.05, 4.69) is 25.0 Å². The molecule has 0 unspecified atom stereocenters. The fourth-order valence-electron chi connectivity index (χ4n) is 3.71. The molecule has 2 aliphatic rings. The summed E-state index contributed by atoms with van der Waals surface area (Å²) in [5.41, 5.74) is 0.743. The summed E-state index contributed by atoms with van der Waals surface area (Å²) in [6, 6.07) is 17.5. The van der Waals surface area contributed by atoms with Gasteiger partial charge in [-0.25, -0.2) is 0 Å². The highest BCUT2D eigenvalue weighted by Crippen LogP contribution is 2.41. The Hall–Kier alpha value is -3.00. The second-order valence-corrected chi connectivity index (χ2v) is 8.80. The third-order valence-corrected chi connectivity index (χ3v) is 6.34. The highest BCUT2D eigenvalue weighted by atomic mass is 32.2. The number of ether oxygens (including phenoxy) is 1. The van der Waals surface area contributed by atoms with E-state index < -0.39 is 0 Å². The summed E-state index contributed by atoms with van der Waals surface area (Å²) in [5.74, 6) is 2.72. The first kappa shape index (κ1) is 19.9. The summed E-state index contributed by atoms with van der Waals surface area (Å²) in [6.45, 7) is 2.08. The monoisotopic (exact) mass is 435 g/mol. The summed E-state index contributed by atoms with van der Waals surface area (Å²) in [4.78, 5) is 14.8. The van der Waals surface area contributed by atoms with Gasteiger partial charge in [-0.3, -0.25) is 9.36 Å². The van der Waals surface area contributed by atoms with E-state index in [1.165, 1.54) is 24.6 Å². The van der Waals surface area contributed by atoms with Crippen molar-refractivity contribution in [2.24, 2.45) is 0 Å². The third kappa shape index (κ3) is 4.85. The van der Waals surface area contributed by atoms with Crippen LogP contribution in [0.1, 0.15) is 31.7 Å². The number of para-hydroxylation sites is 1. The predicted octanol–water partition coefficient (Wildman–Crippen LogP) is 4.74. The minimum atomic E-state index is -0.0604. The van der Waals surface area contributed by atoms with Gasteiger partial charge in [0.2, 0.25) is 11.9 Å². The van der Waals surface area contributed by atoms with E-state index in [-0.39, 0.29) is 5.91 Å². The average molecular weight is 436 g/mol. The lowest BCUT2D eigenvalue weighted by Crippen LogP contribution is -2.22. The Morgan fingerprint density at radius 2 is 1.71 bits per heavy atom. The van der Waals surface area contributed by atoms with Gasteiger partial charge < -0.3 is 15.0 Å². The first-order valence-electron chi connectivity index (χ1n) is 10.7. The van der Waals surface area contributed by atoms with E-state index in [1.54, 1.807) is 0 Å². The number of benzene rings is 2. The number of amides is 1. The van der Waals surface area contributed by atoms with Crippen molar-refractivity contribution < 1.29 is 9.53 Å². The van der Waals surface area contributed by atoms with Gasteiger partial charge >= 0.3 is 0 Å². The molecule has 5 rings (SSSR count). The second-order valence-electron chi connectivity index (χ2n) is 7.85. The van der Waals surface area contributed by atoms with Crippen LogP contribution in [-0.4, -0.2) is 39.5 Å². The van der Waals surface area contributed by atoms with E-state index in [9.17, 15) is 4.79 Å². The normalized spacial score (nSPS) is 15.8. The summed E-state index contributed by atoms with van der Waals surface area (Å²) >= 11 is 1.45. The Balaban J connectivity index is 1.17. The van der Waals surface area contributed by atoms with Gasteiger partial charge in [-0.05, 0) is 62.1 Å². The van der Waals surface area contributed by atoms with Crippen molar-refractivity contribution in [3.63, 3.8) is 0 Å². The molecule has 0 spiro atoms. The molecule has 1 amide bonds. The van der Waals surface area contributed by atoms with Crippen molar-refractivity contribution in [3.8, 4) is 11.5 Å². The molecule has 2 heterocycles. The molecule has 3 aromatic rings. The standard InChI is InChI=1S/C23H25N5O2S/c29-21(24-17-8-12-20(13-9-17)30-19-6-2-1-3-7-19)16-31-23-26-25-22(27-14-4-5-15-27)28(23)18-10-11-18/h1-3,6-9,12-13,18H,4-5,10-11,14-16H2,(H,24,29). The first-order valence-corrected chi connectivity index (χ1v) is 11.7. The van der Waals surface area contributed by atoms with Crippen molar-refractivity contribution in [3.05, 3.63) is 54.6 Å². The van der Waals surface area contributed by atoms with E-state index in [0.717, 1.165) is 54.2 Å². The summed E-state index contributed by atoms with van der Waals surface area (Å²) in [5, 5.41) is 12.6. The van der Waals surface area contributed by atoms with Gasteiger partial charge in [0.05, 0.1) is 5.75 Å². The van der Waals surface area contributed by atoms with Crippen LogP contribution in [-0.2, 0) is 4.79 Å². The Morgan fingerprint density at radius 3 is 2.42 bits per heavy atom. The van der Waals surface area contributed by atoms with Gasteiger partial charge in [-0.15, -0.1) is 10.2 Å². The van der Waals surface area contributed by atoms with Crippen LogP contribution in [0.3, 0.4) is 0 Å². The van der Waals surface area contributed by atoms with Crippen LogP contribution >= 0.6 is 11.8 Å². The molecule has 0 bridgehead atoms. The maximum Gasteiger partial charge on any atom is 0.234 e. The molecule has 2 fully saturated rings. The molecule has 2 aromatic carbocycles. The molecule has 1 aromatic heterocycles. The van der Waals surface area contributed by atoms with Crippen LogP contribution in [0.2, 0.25) is 0 Å². The Morgan fingerprint density at radius 1 is 1.00 bits per heavy atom. The van der Waals surface area contributed by atoms with E-state index in [1.807, 2.05) is 54.6 Å². The van der Waals surface area contributed by atoms with E-state index in [4.69, 9.17) is 4.74 Å². The number of rotatable bonds is 8. The van der Waals surface area contributed by atoms with Crippen LogP contribution in [0.15, 0.2) is 59.8 Å². The van der Waals surface area contributed by atoms with Crippen LogP contribution < -0.4 is 15.0 Å². The number of carbonyl (C=O) groups is 1. The molecule has 0 atom stereocenters. The van der Waals surface area contributed by atoms with Crippen LogP contribution in [0, 0.1) is 0 Å². The highest BCUT2D eigenvalue weighted by molar-refractivity contribution is 7.99. The van der Waals surface area contributed by atoms with Gasteiger partial charge in [-0.1, -0.05) is 30.0 Å². The summed E-state index contributed by atoms with van der Waals surface area (Å²) < 4.78 is 8.03. The van der Waals surface area contributed by atoms with Gasteiger partial charge in [-0.2, -0.15) is 0 Å². The number of anilines is 2. The molecule has 160 valence electrons.